The molecule has 5 nitrogen and oxygen atoms in total. The second-order valence-electron chi connectivity index (χ2n) is 2.72. The highest BCUT2D eigenvalue weighted by Crippen LogP contribution is 2.19. The van der Waals surface area contributed by atoms with E-state index in [0.717, 1.165) is 22.8 Å². The smallest absolute Gasteiger partial charge is 0.193 e. The fourth-order valence-electron chi connectivity index (χ4n) is 1.07. The highest BCUT2D eigenvalue weighted by atomic mass is 32.2. The summed E-state index contributed by atoms with van der Waals surface area (Å²) >= 11 is 1.58. The molecule has 2 heterocycles. The van der Waals surface area contributed by atoms with Crippen LogP contribution in [0.4, 0.5) is 0 Å². The Balaban J connectivity index is 2.19. The van der Waals surface area contributed by atoms with E-state index in [1.165, 1.54) is 0 Å². The molecule has 0 aliphatic heterocycles. The van der Waals surface area contributed by atoms with Crippen molar-refractivity contribution in [3.8, 4) is 0 Å². The number of aliphatic hydroxyl groups excluding tert-OH is 1. The SMILES string of the molecule is OCCCSc1nccn2cnnc12. The van der Waals surface area contributed by atoms with Crippen LogP contribution in [-0.4, -0.2) is 37.0 Å². The zero-order valence-electron chi connectivity index (χ0n) is 7.50. The normalized spacial score (nSPS) is 10.9. The standard InChI is InChI=1S/C8H10N4OS/c13-4-1-5-14-8-7-11-10-6-12(7)3-2-9-8/h2-3,6,13H,1,4-5H2. The van der Waals surface area contributed by atoms with E-state index in [1.54, 1.807) is 24.3 Å². The van der Waals surface area contributed by atoms with Crippen molar-refractivity contribution in [2.75, 3.05) is 12.4 Å². The average Bonchev–Trinajstić information content (AvgIpc) is 2.67. The van der Waals surface area contributed by atoms with E-state index in [0.29, 0.717) is 0 Å². The summed E-state index contributed by atoms with van der Waals surface area (Å²) in [5.74, 6) is 0.843. The van der Waals surface area contributed by atoms with E-state index in [4.69, 9.17) is 5.11 Å². The van der Waals surface area contributed by atoms with Crippen molar-refractivity contribution in [3.63, 3.8) is 0 Å². The van der Waals surface area contributed by atoms with Crippen molar-refractivity contribution >= 4 is 17.4 Å². The van der Waals surface area contributed by atoms with Gasteiger partial charge in [0.15, 0.2) is 5.65 Å². The van der Waals surface area contributed by atoms with Crippen LogP contribution in [0.2, 0.25) is 0 Å². The summed E-state index contributed by atoms with van der Waals surface area (Å²) < 4.78 is 1.83. The van der Waals surface area contributed by atoms with Crippen molar-refractivity contribution in [1.29, 1.82) is 0 Å². The van der Waals surface area contributed by atoms with Crippen LogP contribution in [0.5, 0.6) is 0 Å². The van der Waals surface area contributed by atoms with Crippen molar-refractivity contribution in [2.24, 2.45) is 0 Å². The molecule has 6 heteroatoms. The molecule has 2 aromatic rings. The summed E-state index contributed by atoms with van der Waals surface area (Å²) in [7, 11) is 0. The van der Waals surface area contributed by atoms with Crippen LogP contribution in [0.1, 0.15) is 6.42 Å². The molecule has 0 spiro atoms. The fourth-order valence-corrected chi connectivity index (χ4v) is 1.95. The summed E-state index contributed by atoms with van der Waals surface area (Å²) in [5.41, 5.74) is 0.774. The third-order valence-corrected chi connectivity index (χ3v) is 2.78. The molecule has 0 fully saturated rings. The number of thioether (sulfide) groups is 1. The van der Waals surface area contributed by atoms with Gasteiger partial charge in [0.2, 0.25) is 0 Å². The van der Waals surface area contributed by atoms with Gasteiger partial charge in [-0.15, -0.1) is 22.0 Å². The molecule has 1 N–H and O–H groups in total. The van der Waals surface area contributed by atoms with Gasteiger partial charge in [-0.05, 0) is 6.42 Å². The monoisotopic (exact) mass is 210 g/mol. The quantitative estimate of drug-likeness (QED) is 0.591. The van der Waals surface area contributed by atoms with Crippen LogP contribution >= 0.6 is 11.8 Å². The van der Waals surface area contributed by atoms with Gasteiger partial charge in [0.25, 0.3) is 0 Å². The van der Waals surface area contributed by atoms with Crippen LogP contribution in [0.15, 0.2) is 23.7 Å². The molecule has 0 amide bonds. The number of aromatic nitrogens is 4. The zero-order valence-corrected chi connectivity index (χ0v) is 8.31. The second kappa shape index (κ2) is 4.39. The van der Waals surface area contributed by atoms with E-state index in [9.17, 15) is 0 Å². The van der Waals surface area contributed by atoms with Crippen LogP contribution in [0.3, 0.4) is 0 Å². The Hall–Kier alpha value is -1.14. The summed E-state index contributed by atoms with van der Waals surface area (Å²) in [5, 5.41) is 17.3. The van der Waals surface area contributed by atoms with Gasteiger partial charge in [0.1, 0.15) is 11.4 Å². The van der Waals surface area contributed by atoms with E-state index in [-0.39, 0.29) is 6.61 Å². The second-order valence-corrected chi connectivity index (χ2v) is 3.80. The zero-order chi connectivity index (χ0) is 9.80. The highest BCUT2D eigenvalue weighted by molar-refractivity contribution is 7.99. The number of nitrogens with zero attached hydrogens (tertiary/aromatic N) is 4. The first-order valence-electron chi connectivity index (χ1n) is 4.30. The minimum atomic E-state index is 0.211. The molecule has 2 aromatic heterocycles. The number of aliphatic hydroxyl groups is 1. The van der Waals surface area contributed by atoms with Crippen molar-refractivity contribution in [1.82, 2.24) is 19.6 Å². The molecular formula is C8H10N4OS. The van der Waals surface area contributed by atoms with Crippen molar-refractivity contribution in [2.45, 2.75) is 11.4 Å². The lowest BCUT2D eigenvalue weighted by molar-refractivity contribution is 0.296. The van der Waals surface area contributed by atoms with Gasteiger partial charge in [-0.2, -0.15) is 0 Å². The molecular weight excluding hydrogens is 200 g/mol. The van der Waals surface area contributed by atoms with Gasteiger partial charge < -0.3 is 5.11 Å². The average molecular weight is 210 g/mol. The number of fused-ring (bicyclic) bond motifs is 1. The number of rotatable bonds is 4. The molecule has 0 aliphatic carbocycles. The van der Waals surface area contributed by atoms with Crippen LogP contribution in [0.25, 0.3) is 5.65 Å². The molecule has 0 unspecified atom stereocenters. The first kappa shape index (κ1) is 9.42. The Morgan fingerprint density at radius 2 is 2.43 bits per heavy atom. The van der Waals surface area contributed by atoms with Gasteiger partial charge in [-0.25, -0.2) is 4.98 Å². The molecule has 0 aromatic carbocycles. The first-order valence-corrected chi connectivity index (χ1v) is 5.28. The van der Waals surface area contributed by atoms with Crippen molar-refractivity contribution < 1.29 is 5.11 Å². The Bertz CT molecular complexity index is 416. The molecule has 0 bridgehead atoms. The van der Waals surface area contributed by atoms with Crippen LogP contribution in [-0.2, 0) is 0 Å². The minimum absolute atomic E-state index is 0.211. The predicted molar refractivity (Wildman–Crippen MR) is 53.2 cm³/mol. The molecule has 2 rings (SSSR count). The van der Waals surface area contributed by atoms with Crippen LogP contribution < -0.4 is 0 Å². The fraction of sp³-hybridized carbons (Fsp3) is 0.375. The lowest BCUT2D eigenvalue weighted by Gasteiger charge is -1.99. The third-order valence-electron chi connectivity index (χ3n) is 1.72. The molecule has 0 atom stereocenters. The largest absolute Gasteiger partial charge is 0.396 e. The lowest BCUT2D eigenvalue weighted by Crippen LogP contribution is -1.91. The molecule has 0 radical (unpaired) electrons. The Morgan fingerprint density at radius 1 is 1.50 bits per heavy atom. The Kier molecular flexibility index (Phi) is 2.95. The summed E-state index contributed by atoms with van der Waals surface area (Å²) in [6.45, 7) is 0.211. The van der Waals surface area contributed by atoms with E-state index < -0.39 is 0 Å². The van der Waals surface area contributed by atoms with Gasteiger partial charge in [0, 0.05) is 24.8 Å². The molecule has 0 aliphatic rings. The Morgan fingerprint density at radius 3 is 3.29 bits per heavy atom. The van der Waals surface area contributed by atoms with Crippen molar-refractivity contribution in [3.05, 3.63) is 18.7 Å². The third kappa shape index (κ3) is 1.85. The minimum Gasteiger partial charge on any atom is -0.396 e. The molecule has 74 valence electrons. The lowest BCUT2D eigenvalue weighted by atomic mass is 10.5. The maximum Gasteiger partial charge on any atom is 0.193 e. The van der Waals surface area contributed by atoms with Gasteiger partial charge in [-0.3, -0.25) is 4.40 Å². The van der Waals surface area contributed by atoms with E-state index >= 15 is 0 Å². The molecule has 14 heavy (non-hydrogen) atoms. The maximum atomic E-state index is 8.65. The van der Waals surface area contributed by atoms with Gasteiger partial charge in [0.05, 0.1) is 0 Å². The van der Waals surface area contributed by atoms with E-state index in [2.05, 4.69) is 15.2 Å². The first-order chi connectivity index (χ1) is 6.92. The van der Waals surface area contributed by atoms with Crippen LogP contribution in [0, 0.1) is 0 Å². The topological polar surface area (TPSA) is 63.3 Å². The van der Waals surface area contributed by atoms with E-state index in [1.807, 2.05) is 10.6 Å². The summed E-state index contributed by atoms with van der Waals surface area (Å²) in [4.78, 5) is 4.21. The highest BCUT2D eigenvalue weighted by Gasteiger charge is 2.04. The molecule has 0 saturated carbocycles. The van der Waals surface area contributed by atoms with Gasteiger partial charge in [-0.1, -0.05) is 0 Å². The number of hydrogen-bond donors (Lipinski definition) is 1. The Labute approximate surface area is 85.2 Å². The van der Waals surface area contributed by atoms with Gasteiger partial charge >= 0.3 is 0 Å². The summed E-state index contributed by atoms with van der Waals surface area (Å²) in [6, 6.07) is 0. The maximum absolute atomic E-state index is 8.65. The summed E-state index contributed by atoms with van der Waals surface area (Å²) in [6.07, 6.45) is 5.94. The number of hydrogen-bond acceptors (Lipinski definition) is 5. The predicted octanol–water partition coefficient (Wildman–Crippen LogP) is 0.599. The molecule has 0 saturated heterocycles.